The average Bonchev–Trinajstić information content (AvgIpc) is 1.34. The Morgan fingerprint density at radius 3 is 1.33 bits per heavy atom. The van der Waals surface area contributed by atoms with Crippen molar-refractivity contribution in [1.82, 2.24) is 79.8 Å². The number of nitrogens with one attached hydrogen (secondary N) is 2. The first-order valence-electron chi connectivity index (χ1n) is 48.3. The Labute approximate surface area is 838 Å². The number of likely N-dealkylation sites (N-methyl/N-ethyl adjacent to an activating group) is 3. The molecule has 0 saturated carbocycles. The number of likely N-dealkylation sites (tertiary alicyclic amines) is 3. The lowest BCUT2D eigenvalue weighted by Crippen LogP contribution is -2.56. The van der Waals surface area contributed by atoms with Gasteiger partial charge in [-0.3, -0.25) is 29.3 Å². The lowest BCUT2D eigenvalue weighted by atomic mass is 9.98. The number of fused-ring (bicyclic) bond motifs is 6. The lowest BCUT2D eigenvalue weighted by molar-refractivity contribution is -0.137. The van der Waals surface area contributed by atoms with Crippen LogP contribution in [0.1, 0.15) is 126 Å². The fourth-order valence-electron chi connectivity index (χ4n) is 21.4. The summed E-state index contributed by atoms with van der Waals surface area (Å²) in [6, 6.07) is 38.1. The molecule has 142 heavy (non-hydrogen) atoms. The summed E-state index contributed by atoms with van der Waals surface area (Å²) >= 11 is 0. The van der Waals surface area contributed by atoms with E-state index in [-0.39, 0.29) is 125 Å². The van der Waals surface area contributed by atoms with Gasteiger partial charge in [0.25, 0.3) is 11.8 Å². The molecule has 5 aromatic carbocycles. The van der Waals surface area contributed by atoms with Crippen LogP contribution in [-0.2, 0) is 64.3 Å². The lowest BCUT2D eigenvalue weighted by Gasteiger charge is -2.42. The van der Waals surface area contributed by atoms with Gasteiger partial charge < -0.3 is 78.3 Å². The number of piperazine rings is 3. The Morgan fingerprint density at radius 2 is 0.923 bits per heavy atom. The smallest absolute Gasteiger partial charge is 0.418 e. The summed E-state index contributed by atoms with van der Waals surface area (Å²) in [6.45, 7) is 25.3. The Balaban J connectivity index is 0.000000160. The largest absolute Gasteiger partial charge is 0.462 e. The monoisotopic (exact) mass is 1970 g/mol. The number of ether oxygens (including phenoxy) is 3. The van der Waals surface area contributed by atoms with Crippen LogP contribution in [-0.4, -0.2) is 273 Å². The van der Waals surface area contributed by atoms with E-state index < -0.39 is 35.6 Å². The summed E-state index contributed by atoms with van der Waals surface area (Å²) in [5.74, 6) is -0.547. The van der Waals surface area contributed by atoms with E-state index in [1.54, 1.807) is 34.3 Å². The molecule has 6 fully saturated rings. The van der Waals surface area contributed by atoms with E-state index in [9.17, 15) is 52.5 Å². The van der Waals surface area contributed by atoms with Crippen molar-refractivity contribution in [1.29, 1.82) is 15.8 Å². The number of pyridine rings is 1. The second-order valence-electron chi connectivity index (χ2n) is 37.8. The van der Waals surface area contributed by atoms with E-state index in [0.717, 1.165) is 123 Å². The summed E-state index contributed by atoms with van der Waals surface area (Å²) < 4.78 is 76.1. The number of H-pyrrole nitrogens is 1. The van der Waals surface area contributed by atoms with Crippen LogP contribution in [0, 0.1) is 54.8 Å². The van der Waals surface area contributed by atoms with E-state index in [1.165, 1.54) is 81.5 Å². The molecule has 0 unspecified atom stereocenters. The number of aromatic nitrogens is 9. The zero-order chi connectivity index (χ0) is 98.2. The first-order valence-corrected chi connectivity index (χ1v) is 48.3. The summed E-state index contributed by atoms with van der Waals surface area (Å²) in [7, 11) is 6.30. The van der Waals surface area contributed by atoms with Gasteiger partial charge in [0, 0.05) is 166 Å². The number of rotatable bonds is 23. The Bertz CT molecular complexity index is 6480. The highest BCUT2D eigenvalue weighted by Gasteiger charge is 2.43. The van der Waals surface area contributed by atoms with Crippen molar-refractivity contribution in [3.63, 3.8) is 0 Å². The van der Waals surface area contributed by atoms with Crippen molar-refractivity contribution in [3.05, 3.63) is 202 Å². The average molecular weight is 1980 g/mol. The third-order valence-electron chi connectivity index (χ3n) is 28.8. The normalized spacial score (nSPS) is 19.8. The molecule has 19 rings (SSSR count). The van der Waals surface area contributed by atoms with Crippen LogP contribution < -0.4 is 48.9 Å². The summed E-state index contributed by atoms with van der Waals surface area (Å²) in [5.41, 5.74) is 11.2. The van der Waals surface area contributed by atoms with Gasteiger partial charge in [-0.2, -0.15) is 91.0 Å². The highest BCUT2D eigenvalue weighted by molar-refractivity contribution is 7.59. The number of nitriles is 3. The highest BCUT2D eigenvalue weighted by Crippen LogP contribution is 2.47. The number of benzene rings is 5. The summed E-state index contributed by atoms with van der Waals surface area (Å²) in [6.07, 6.45) is 12.4. The predicted molar refractivity (Wildman–Crippen MR) is 548 cm³/mol. The first kappa shape index (κ1) is 103. The van der Waals surface area contributed by atoms with Gasteiger partial charge >= 0.3 is 24.2 Å². The minimum absolute atomic E-state index is 0. The molecule has 0 radical (unpaired) electrons. The standard InChI is InChI=1S/C38H42N8O2.C35H42N8O3.C31H35F4N9O2.2H2S/c1-27-6-3-7-29-8-4-10-34(36(27)29)44-21-16-32-33(25-44)41-38(48-26-31-9-5-20-43(31)2)42-37(32)45-22-23-46(30(24-45)13-17-39)35(47)12-11-28-14-18-40-19-15-28;1-23-8-5-9-26-10-6-12-31(32(23)26)41-17-14-29-30(21-41)38-35(46-22-28-11-7-16-40(28)4)39-33(29)42-18-19-43(27(20-42)13-15-36)34(45)24(2)37-25(3)44;1-18-13-24-23(14-37-40-24)27(26(18)31(33,34)35)42-10-7-22-25(16-42)38-30(46-17-21-5-4-9-41(21)3)39-28(22)43-11-12-44(29(45)19(2)32)20(15-43)6-8-36;;/h3-4,6-8,10-12,14-15,18-19,30-31H,5,9,13,16,20-26H2,1-2H3;5-6,8-10,12,27-28H,2,7,11,13-14,16-22H2,1,3-4H3,(H,37,44);13-14,20-21H,2,4-7,9-12,15-17H2,1,3H3,(H,37,40);2*1H2/b12-11+;;;;/t30-,31-;27-,28-;20-,21-;;/m000../s1. The maximum atomic E-state index is 14.5. The number of alkyl halides is 3. The van der Waals surface area contributed by atoms with Crippen LogP contribution >= 0.6 is 27.0 Å². The molecule has 5 aromatic heterocycles. The van der Waals surface area contributed by atoms with Gasteiger partial charge in [-0.25, -0.2) is 4.39 Å². The van der Waals surface area contributed by atoms with Gasteiger partial charge in [-0.15, -0.1) is 0 Å². The fourth-order valence-corrected chi connectivity index (χ4v) is 21.4. The molecular weight excluding hydrogens is 1850 g/mol. The first-order chi connectivity index (χ1) is 67.7. The third kappa shape index (κ3) is 22.8. The minimum Gasteiger partial charge on any atom is -0.462 e. The molecule has 38 heteroatoms. The number of aryl methyl sites for hydroxylation is 3. The zero-order valence-electron chi connectivity index (χ0n) is 81.4. The van der Waals surface area contributed by atoms with E-state index in [1.807, 2.05) is 29.0 Å². The van der Waals surface area contributed by atoms with Crippen molar-refractivity contribution < 1.29 is 51.0 Å². The topological polar surface area (TPSA) is 337 Å². The molecule has 6 saturated heterocycles. The van der Waals surface area contributed by atoms with Crippen LogP contribution in [0.3, 0.4) is 0 Å². The van der Waals surface area contributed by atoms with Crippen LogP contribution in [0.25, 0.3) is 38.5 Å². The van der Waals surface area contributed by atoms with Crippen LogP contribution in [0.2, 0.25) is 0 Å². The molecule has 0 bridgehead atoms. The van der Waals surface area contributed by atoms with Crippen molar-refractivity contribution in [2.24, 2.45) is 0 Å². The second kappa shape index (κ2) is 45.6. The molecule has 0 aliphatic carbocycles. The molecule has 9 aliphatic rings. The molecule has 746 valence electrons. The molecular formula is C104H123F4N25O7S2. The number of nitrogens with zero attached hydrogens (tertiary/aromatic N) is 23. The van der Waals surface area contributed by atoms with Gasteiger partial charge in [-0.1, -0.05) is 73.8 Å². The summed E-state index contributed by atoms with van der Waals surface area (Å²) in [5, 5.41) is 43.6. The quantitative estimate of drug-likeness (QED) is 0.0444. The molecule has 4 amide bonds. The molecule has 6 atom stereocenters. The van der Waals surface area contributed by atoms with Gasteiger partial charge in [0.05, 0.1) is 121 Å². The van der Waals surface area contributed by atoms with Crippen molar-refractivity contribution in [3.8, 4) is 36.2 Å². The number of carbonyl (C=O) groups excluding carboxylic acids is 4. The van der Waals surface area contributed by atoms with Gasteiger partial charge in [0.1, 0.15) is 37.3 Å². The van der Waals surface area contributed by atoms with E-state index in [4.69, 9.17) is 44.1 Å². The molecule has 32 nitrogen and oxygen atoms in total. The molecule has 14 heterocycles. The second-order valence-corrected chi connectivity index (χ2v) is 37.8. The zero-order valence-corrected chi connectivity index (χ0v) is 83.4. The fraction of sp³-hybridized carbons (Fsp3) is 0.452. The molecule has 10 aromatic rings. The molecule has 2 N–H and O–H groups in total. The predicted octanol–water partition coefficient (Wildman–Crippen LogP) is 12.9. The van der Waals surface area contributed by atoms with E-state index >= 15 is 0 Å². The number of carbonyl (C=O) groups is 4. The Hall–Kier alpha value is -13.5. The van der Waals surface area contributed by atoms with Gasteiger partial charge in [0.2, 0.25) is 11.8 Å². The van der Waals surface area contributed by atoms with E-state index in [0.29, 0.717) is 132 Å². The van der Waals surface area contributed by atoms with Crippen LogP contribution in [0.4, 0.5) is 52.1 Å². The maximum absolute atomic E-state index is 14.5. The van der Waals surface area contributed by atoms with Gasteiger partial charge in [0.15, 0.2) is 5.83 Å². The maximum Gasteiger partial charge on any atom is 0.418 e. The Morgan fingerprint density at radius 1 is 0.514 bits per heavy atom. The SMILES string of the molecule is C=C(F)C(=O)N1CCN(c2nc(OC[C@@H]3CCCN3C)nc3c2CCN(c2c(C(F)(F)F)c(C)cc4[nH]ncc24)C3)C[C@@H]1CC#N.C=C(NC(C)=O)C(=O)N1CCN(c2nc(OC[C@@H]3CCCN3C)nc3c2CCN(c2cccc4cccc(C)c24)C3)C[C@@H]1CC#N.Cc1cccc2cccc(N3CCc4c(nc(OC[C@@H]5CCCN5C)nc4N4CCN(C(=O)/C=C/c5ccncc5)[C@@H](CC#N)C4)C3)c12.S.S. The van der Waals surface area contributed by atoms with E-state index in [2.05, 4.69) is 187 Å². The van der Waals surface area contributed by atoms with Crippen molar-refractivity contribution >= 4 is 124 Å². The number of halogens is 4. The highest BCUT2D eigenvalue weighted by atomic mass is 32.1. The van der Waals surface area contributed by atoms with Crippen LogP contribution in [0.5, 0.6) is 18.0 Å². The van der Waals surface area contributed by atoms with Crippen molar-refractivity contribution in [2.45, 2.75) is 167 Å². The number of aromatic amines is 1. The molecule has 0 spiro atoms. The third-order valence-corrected chi connectivity index (χ3v) is 28.8. The Kier molecular flexibility index (Phi) is 33.1. The van der Waals surface area contributed by atoms with Gasteiger partial charge in [-0.05, 0) is 189 Å². The molecule has 9 aliphatic heterocycles. The number of anilines is 6. The number of hydrogen-bond donors (Lipinski definition) is 2. The summed E-state index contributed by atoms with van der Waals surface area (Å²) in [4.78, 5) is 109. The number of hydrogen-bond acceptors (Lipinski definition) is 27. The van der Waals surface area contributed by atoms with Crippen LogP contribution in [0.15, 0.2) is 140 Å². The number of amides is 4. The van der Waals surface area contributed by atoms with Crippen molar-refractivity contribution in [2.75, 3.05) is 169 Å². The minimum atomic E-state index is -4.60.